The Morgan fingerprint density at radius 3 is 1.12 bits per heavy atom. The maximum Gasteiger partial charge on any atom is 0.118 e. The molecule has 0 rings (SSSR count). The van der Waals surface area contributed by atoms with Crippen LogP contribution in [-0.4, -0.2) is 94.5 Å². The molecule has 8 heteroatoms. The highest BCUT2D eigenvalue weighted by atomic mass is 32.3. The Labute approximate surface area is 201 Å². The zero-order valence-electron chi connectivity index (χ0n) is 22.7. The highest BCUT2D eigenvalue weighted by Crippen LogP contribution is 2.11. The van der Waals surface area contributed by atoms with Crippen LogP contribution in [-0.2, 0) is 19.8 Å². The van der Waals surface area contributed by atoms with Gasteiger partial charge < -0.3 is 44.1 Å². The lowest BCUT2D eigenvalue weighted by Crippen LogP contribution is -2.45. The van der Waals surface area contributed by atoms with Crippen molar-refractivity contribution in [2.75, 3.05) is 73.6 Å². The number of carboxylic acid groups (broad SMARTS) is 2. The van der Waals surface area contributed by atoms with Crippen LogP contribution in [0.3, 0.4) is 0 Å². The summed E-state index contributed by atoms with van der Waals surface area (Å²) in [4.78, 5) is 19.8. The summed E-state index contributed by atoms with van der Waals surface area (Å²) in [6.07, 6.45) is 18.6. The van der Waals surface area contributed by atoms with E-state index in [1.165, 1.54) is 70.0 Å². The number of hydrogen-bond acceptors (Lipinski definition) is 5. The molecule has 0 saturated carbocycles. The molecule has 0 spiro atoms. The molecule has 0 aliphatic rings. The predicted octanol–water partition coefficient (Wildman–Crippen LogP) is 1.08. The summed E-state index contributed by atoms with van der Waals surface area (Å²) in [5.74, 6) is -0.751. The van der Waals surface area contributed by atoms with Crippen molar-refractivity contribution in [2.24, 2.45) is 5.14 Å². The molecule has 0 atom stereocenters. The van der Waals surface area contributed by atoms with Crippen molar-refractivity contribution in [3.63, 3.8) is 0 Å². The number of hydrogen-bond donors (Lipinski definition) is 1. The largest absolute Gasteiger partial charge is 0.690 e. The van der Waals surface area contributed by atoms with Gasteiger partial charge in [0.15, 0.2) is 0 Å². The van der Waals surface area contributed by atoms with Crippen molar-refractivity contribution in [1.82, 2.24) is 0 Å². The molecule has 0 fully saturated rings. The number of aliphatic carboxylic acids is 2. The van der Waals surface area contributed by atoms with Gasteiger partial charge in [-0.15, -0.1) is 0 Å². The van der Waals surface area contributed by atoms with Gasteiger partial charge in [-0.25, -0.2) is 18.3 Å². The lowest BCUT2D eigenvalue weighted by atomic mass is 10.1. The summed E-state index contributed by atoms with van der Waals surface area (Å²) in [6.45, 7) is 2.42. The standard InChI is InChI=1S/C14H33NS.2C5H11NO2/c1-4-5-6-7-8-9-10-11-12-13-14-16(2,3)15;2*1-6(2,3)4-5(7)8/h4-15H2,1-3H3;2*4H2,1-3H3/q-2;;. The Hall–Kier alpha value is -0.830. The van der Waals surface area contributed by atoms with E-state index in [0.717, 1.165) is 0 Å². The summed E-state index contributed by atoms with van der Waals surface area (Å²) in [5.41, 5.74) is 0. The van der Waals surface area contributed by atoms with Gasteiger partial charge in [-0.2, -0.15) is 0 Å². The van der Waals surface area contributed by atoms with Gasteiger partial charge in [0, 0.05) is 0 Å². The monoisotopic (exact) mass is 481 g/mol. The Kier molecular flexibility index (Phi) is 21.9. The first-order chi connectivity index (χ1) is 14.4. The fourth-order valence-corrected chi connectivity index (χ4v) is 3.68. The van der Waals surface area contributed by atoms with Crippen LogP contribution in [0.25, 0.3) is 0 Å². The quantitative estimate of drug-likeness (QED) is 0.278. The fraction of sp³-hybridized carbons (Fsp3) is 0.917. The lowest BCUT2D eigenvalue weighted by molar-refractivity contribution is -0.864. The zero-order valence-corrected chi connectivity index (χ0v) is 23.5. The Balaban J connectivity index is -0.000000441. The van der Waals surface area contributed by atoms with E-state index in [1.54, 1.807) is 42.3 Å². The van der Waals surface area contributed by atoms with E-state index in [1.807, 2.05) is 0 Å². The van der Waals surface area contributed by atoms with Crippen molar-refractivity contribution < 1.29 is 28.8 Å². The molecule has 0 aromatic heterocycles. The molecule has 0 aliphatic heterocycles. The summed E-state index contributed by atoms with van der Waals surface area (Å²) in [6, 6.07) is 0. The van der Waals surface area contributed by atoms with Crippen LogP contribution in [0.2, 0.25) is 0 Å². The second-order valence-electron chi connectivity index (χ2n) is 11.2. The molecular weight excluding hydrogens is 426 g/mol. The molecule has 0 bridgehead atoms. The van der Waals surface area contributed by atoms with Crippen molar-refractivity contribution in [1.29, 1.82) is 0 Å². The van der Waals surface area contributed by atoms with Gasteiger partial charge in [-0.05, 0) is 0 Å². The minimum absolute atomic E-state index is 0.0694. The van der Waals surface area contributed by atoms with E-state index in [4.69, 9.17) is 5.14 Å². The van der Waals surface area contributed by atoms with E-state index >= 15 is 0 Å². The third-order valence-corrected chi connectivity index (χ3v) is 5.57. The molecule has 0 amide bonds. The van der Waals surface area contributed by atoms with Gasteiger partial charge >= 0.3 is 0 Å². The van der Waals surface area contributed by atoms with E-state index in [-0.39, 0.29) is 13.1 Å². The van der Waals surface area contributed by atoms with E-state index in [9.17, 15) is 19.8 Å². The topological polar surface area (TPSA) is 106 Å². The molecule has 0 radical (unpaired) electrons. The van der Waals surface area contributed by atoms with Gasteiger partial charge in [-0.1, -0.05) is 71.1 Å². The Morgan fingerprint density at radius 2 is 0.938 bits per heavy atom. The van der Waals surface area contributed by atoms with Gasteiger partial charge in [0.2, 0.25) is 0 Å². The highest BCUT2D eigenvalue weighted by molar-refractivity contribution is 8.10. The molecule has 0 saturated heterocycles. The van der Waals surface area contributed by atoms with Gasteiger partial charge in [-0.3, -0.25) is 0 Å². The van der Waals surface area contributed by atoms with Crippen molar-refractivity contribution >= 4 is 22.2 Å². The molecule has 7 nitrogen and oxygen atoms in total. The first-order valence-electron chi connectivity index (χ1n) is 11.9. The second kappa shape index (κ2) is 19.6. The van der Waals surface area contributed by atoms with E-state index < -0.39 is 22.2 Å². The Bertz CT molecular complexity index is 441. The van der Waals surface area contributed by atoms with Gasteiger partial charge in [0.05, 0.1) is 54.2 Å². The van der Waals surface area contributed by atoms with Crippen LogP contribution in [0, 0.1) is 0 Å². The number of unbranched alkanes of at least 4 members (excludes halogenated alkanes) is 9. The third-order valence-electron chi connectivity index (χ3n) is 4.23. The van der Waals surface area contributed by atoms with Crippen LogP contribution < -0.4 is 15.4 Å². The van der Waals surface area contributed by atoms with Crippen LogP contribution in [0.15, 0.2) is 0 Å². The maximum atomic E-state index is 9.89. The second-order valence-corrected chi connectivity index (χ2v) is 14.8. The smallest absolute Gasteiger partial charge is 0.118 e. The van der Waals surface area contributed by atoms with Crippen molar-refractivity contribution in [2.45, 2.75) is 71.1 Å². The molecule has 0 aliphatic carbocycles. The number of rotatable bonds is 15. The van der Waals surface area contributed by atoms with Crippen LogP contribution in [0.4, 0.5) is 0 Å². The van der Waals surface area contributed by atoms with Gasteiger partial charge in [0.1, 0.15) is 13.1 Å². The SMILES string of the molecule is CCCCCCCCCCCC[S-2](C)(C)N.C[N+](C)(C)CC(=O)[O-].C[N+](C)(C)CC(=O)[O-]. The minimum atomic E-state index is -1.00. The summed E-state index contributed by atoms with van der Waals surface area (Å²) in [7, 11) is 10.1. The molecule has 0 aromatic carbocycles. The van der Waals surface area contributed by atoms with Crippen LogP contribution in [0.5, 0.6) is 0 Å². The average molecular weight is 482 g/mol. The number of likely N-dealkylation sites (N-methyl/N-ethyl adjacent to an activating group) is 2. The number of nitrogens with zero attached hydrogens (tertiary/aromatic N) is 2. The molecular formula is C24H55N3O4S-2. The van der Waals surface area contributed by atoms with E-state index in [0.29, 0.717) is 8.97 Å². The number of carboxylic acids is 2. The normalized spacial score (nSPS) is 12.2. The molecule has 198 valence electrons. The molecule has 0 unspecified atom stereocenters. The lowest BCUT2D eigenvalue weighted by Gasteiger charge is -2.57. The highest BCUT2D eigenvalue weighted by Gasteiger charge is 2.05. The number of nitrogens with two attached hydrogens (primary N) is 1. The summed E-state index contributed by atoms with van der Waals surface area (Å²) in [5, 5.41) is 25.8. The third kappa shape index (κ3) is 47.1. The number of quaternary nitrogens is 2. The van der Waals surface area contributed by atoms with Crippen LogP contribution >= 0.6 is 0 Å². The minimum Gasteiger partial charge on any atom is -0.690 e. The van der Waals surface area contributed by atoms with Crippen LogP contribution in [0.1, 0.15) is 71.1 Å². The summed E-state index contributed by atoms with van der Waals surface area (Å²) < 4.78 is 0.838. The van der Waals surface area contributed by atoms with Gasteiger partial charge in [0.25, 0.3) is 0 Å². The zero-order chi connectivity index (χ0) is 25.8. The number of carbonyl (C=O) groups is 2. The van der Waals surface area contributed by atoms with Crippen molar-refractivity contribution in [3.8, 4) is 0 Å². The van der Waals surface area contributed by atoms with Crippen molar-refractivity contribution in [3.05, 3.63) is 0 Å². The summed E-state index contributed by atoms with van der Waals surface area (Å²) >= 11 is 0. The molecule has 2 N–H and O–H groups in total. The van der Waals surface area contributed by atoms with E-state index in [2.05, 4.69) is 19.4 Å². The molecule has 32 heavy (non-hydrogen) atoms. The number of carbonyl (C=O) groups excluding carboxylic acids is 2. The maximum absolute atomic E-state index is 9.89. The molecule has 0 aromatic rings. The predicted molar refractivity (Wildman–Crippen MR) is 136 cm³/mol. The molecule has 0 heterocycles. The average Bonchev–Trinajstić information content (AvgIpc) is 2.52. The Morgan fingerprint density at radius 1 is 0.656 bits per heavy atom. The first-order valence-corrected chi connectivity index (χ1v) is 14.6. The fourth-order valence-electron chi connectivity index (χ4n) is 2.74. The first kappa shape index (κ1) is 35.8.